The van der Waals surface area contributed by atoms with Crippen LogP contribution in [0.15, 0.2) is 64.0 Å². The molecular formula is C17H15N5O5. The Hall–Kier alpha value is -3.82. The molecule has 10 nitrogen and oxygen atoms in total. The first-order chi connectivity index (χ1) is 12.9. The Morgan fingerprint density at radius 3 is 2.74 bits per heavy atom. The number of rotatable bonds is 5. The first-order valence-corrected chi connectivity index (χ1v) is 7.96. The van der Waals surface area contributed by atoms with Crippen LogP contribution in [0, 0.1) is 10.1 Å². The van der Waals surface area contributed by atoms with Gasteiger partial charge in [-0.15, -0.1) is 0 Å². The fourth-order valence-corrected chi connectivity index (χ4v) is 2.65. The van der Waals surface area contributed by atoms with Gasteiger partial charge in [-0.25, -0.2) is 4.79 Å². The van der Waals surface area contributed by atoms with Gasteiger partial charge in [-0.3, -0.25) is 20.3 Å². The van der Waals surface area contributed by atoms with Crippen LogP contribution in [-0.4, -0.2) is 39.4 Å². The average molecular weight is 369 g/mol. The minimum atomic E-state index is -1.24. The van der Waals surface area contributed by atoms with Crippen LogP contribution in [-0.2, 0) is 9.59 Å². The average Bonchev–Trinajstić information content (AvgIpc) is 2.94. The van der Waals surface area contributed by atoms with Crippen molar-refractivity contribution in [3.8, 4) is 0 Å². The Bertz CT molecular complexity index is 932. The quantitative estimate of drug-likeness (QED) is 0.593. The number of anilines is 1. The van der Waals surface area contributed by atoms with Crippen LogP contribution in [0.4, 0.5) is 5.69 Å². The number of nitro groups is 1. The molecule has 3 rings (SSSR count). The first kappa shape index (κ1) is 18.0. The summed E-state index contributed by atoms with van der Waals surface area (Å²) in [5.74, 6) is -1.71. The van der Waals surface area contributed by atoms with Gasteiger partial charge in [0, 0.05) is 6.08 Å². The first-order valence-electron chi connectivity index (χ1n) is 7.96. The van der Waals surface area contributed by atoms with Gasteiger partial charge in [-0.2, -0.15) is 15.2 Å². The minimum absolute atomic E-state index is 0.0366. The summed E-state index contributed by atoms with van der Waals surface area (Å²) in [6.45, 7) is 1.61. The number of hydrazone groups is 2. The highest BCUT2D eigenvalue weighted by molar-refractivity contribution is 6.71. The molecule has 1 heterocycles. The Labute approximate surface area is 153 Å². The number of hydrogen-bond acceptors (Lipinski definition) is 7. The van der Waals surface area contributed by atoms with Crippen LogP contribution < -0.4 is 10.4 Å². The van der Waals surface area contributed by atoms with Crippen LogP contribution in [0.5, 0.6) is 0 Å². The van der Waals surface area contributed by atoms with Crippen LogP contribution in [0.3, 0.4) is 0 Å². The van der Waals surface area contributed by atoms with Crippen molar-refractivity contribution in [3.63, 3.8) is 0 Å². The van der Waals surface area contributed by atoms with E-state index in [1.54, 1.807) is 31.2 Å². The van der Waals surface area contributed by atoms with Gasteiger partial charge in [0.1, 0.15) is 6.04 Å². The lowest BCUT2D eigenvalue weighted by Crippen LogP contribution is -2.35. The number of carbonyl (C=O) groups excluding carboxylic acids is 1. The van der Waals surface area contributed by atoms with Gasteiger partial charge in [0.15, 0.2) is 5.71 Å². The Balaban J connectivity index is 1.79. The van der Waals surface area contributed by atoms with Gasteiger partial charge in [0.05, 0.1) is 21.9 Å². The van der Waals surface area contributed by atoms with Gasteiger partial charge in [0.25, 0.3) is 5.70 Å². The number of carboxylic acids is 1. The maximum atomic E-state index is 12.5. The molecule has 1 atom stereocenters. The highest BCUT2D eigenvalue weighted by Gasteiger charge is 2.33. The standard InChI is InChI=1S/C17H15N5O5/c1-10-15(16(23)21(20-10)12-5-3-2-4-6-12)19-18-13-8-7-11(17(24)25)9-14(13)22(26)27/h2-7,9,13,18H,8H2,1H3,(H,24,25)/b19-15+. The van der Waals surface area contributed by atoms with E-state index in [-0.39, 0.29) is 23.4 Å². The second-order valence-corrected chi connectivity index (χ2v) is 5.81. The molecule has 1 aromatic carbocycles. The predicted octanol–water partition coefficient (Wildman–Crippen LogP) is 1.30. The van der Waals surface area contributed by atoms with Crippen molar-refractivity contribution in [2.45, 2.75) is 19.4 Å². The zero-order chi connectivity index (χ0) is 19.6. The maximum Gasteiger partial charge on any atom is 0.335 e. The summed E-state index contributed by atoms with van der Waals surface area (Å²) in [6.07, 6.45) is 2.40. The lowest BCUT2D eigenvalue weighted by Gasteiger charge is -2.16. The third-order valence-electron chi connectivity index (χ3n) is 4.01. The third kappa shape index (κ3) is 3.59. The summed E-state index contributed by atoms with van der Waals surface area (Å²) in [4.78, 5) is 34.1. The summed E-state index contributed by atoms with van der Waals surface area (Å²) in [5.41, 5.74) is 3.08. The van der Waals surface area contributed by atoms with E-state index >= 15 is 0 Å². The van der Waals surface area contributed by atoms with E-state index in [4.69, 9.17) is 5.11 Å². The van der Waals surface area contributed by atoms with Crippen LogP contribution in [0.25, 0.3) is 0 Å². The van der Waals surface area contributed by atoms with Crippen molar-refractivity contribution in [2.24, 2.45) is 10.2 Å². The molecule has 1 unspecified atom stereocenters. The molecule has 0 aromatic heterocycles. The number of hydrogen-bond donors (Lipinski definition) is 2. The predicted molar refractivity (Wildman–Crippen MR) is 96.8 cm³/mol. The molecule has 10 heteroatoms. The largest absolute Gasteiger partial charge is 0.478 e. The van der Waals surface area contributed by atoms with Crippen LogP contribution in [0.1, 0.15) is 13.3 Å². The molecule has 1 amide bonds. The third-order valence-corrected chi connectivity index (χ3v) is 4.01. The highest BCUT2D eigenvalue weighted by Crippen LogP contribution is 2.21. The molecule has 0 bridgehead atoms. The molecule has 1 aliphatic heterocycles. The zero-order valence-electron chi connectivity index (χ0n) is 14.2. The Morgan fingerprint density at radius 2 is 2.11 bits per heavy atom. The van der Waals surface area contributed by atoms with Crippen molar-refractivity contribution in [2.75, 3.05) is 5.01 Å². The number of aliphatic carboxylic acids is 1. The van der Waals surface area contributed by atoms with E-state index in [2.05, 4.69) is 15.6 Å². The molecule has 138 valence electrons. The summed E-state index contributed by atoms with van der Waals surface area (Å²) >= 11 is 0. The number of carboxylic acid groups (broad SMARTS) is 1. The molecule has 1 aromatic rings. The van der Waals surface area contributed by atoms with Gasteiger partial charge < -0.3 is 5.11 Å². The molecule has 0 saturated carbocycles. The molecule has 2 N–H and O–H groups in total. The maximum absolute atomic E-state index is 12.5. The molecule has 0 fully saturated rings. The van der Waals surface area contributed by atoms with Crippen LogP contribution in [0.2, 0.25) is 0 Å². The Kier molecular flexibility index (Phi) is 4.79. The number of amides is 1. The fraction of sp³-hybridized carbons (Fsp3) is 0.176. The van der Waals surface area contributed by atoms with E-state index in [9.17, 15) is 19.7 Å². The second-order valence-electron chi connectivity index (χ2n) is 5.81. The number of nitrogens with zero attached hydrogens (tertiary/aromatic N) is 4. The van der Waals surface area contributed by atoms with E-state index in [1.165, 1.54) is 11.1 Å². The van der Waals surface area contributed by atoms with Gasteiger partial charge in [0.2, 0.25) is 0 Å². The van der Waals surface area contributed by atoms with Crippen molar-refractivity contribution in [1.82, 2.24) is 5.43 Å². The van der Waals surface area contributed by atoms with Gasteiger partial charge in [-0.1, -0.05) is 24.3 Å². The lowest BCUT2D eigenvalue weighted by atomic mass is 10.0. The lowest BCUT2D eigenvalue weighted by molar-refractivity contribution is -0.430. The van der Waals surface area contributed by atoms with Crippen molar-refractivity contribution in [3.05, 3.63) is 63.9 Å². The second kappa shape index (κ2) is 7.20. The number of para-hydroxylation sites is 1. The molecule has 0 saturated heterocycles. The monoisotopic (exact) mass is 369 g/mol. The molecule has 0 spiro atoms. The van der Waals surface area contributed by atoms with E-state index < -0.39 is 22.8 Å². The molecule has 0 radical (unpaired) electrons. The minimum Gasteiger partial charge on any atom is -0.478 e. The number of carbonyl (C=O) groups is 2. The van der Waals surface area contributed by atoms with Crippen molar-refractivity contribution >= 4 is 29.0 Å². The van der Waals surface area contributed by atoms with Crippen molar-refractivity contribution in [1.29, 1.82) is 0 Å². The molecule has 27 heavy (non-hydrogen) atoms. The van der Waals surface area contributed by atoms with Crippen molar-refractivity contribution < 1.29 is 19.6 Å². The summed E-state index contributed by atoms with van der Waals surface area (Å²) in [7, 11) is 0. The molecular weight excluding hydrogens is 354 g/mol. The Morgan fingerprint density at radius 1 is 1.41 bits per heavy atom. The molecule has 1 aliphatic carbocycles. The number of benzene rings is 1. The number of nitrogens with one attached hydrogen (secondary N) is 1. The zero-order valence-corrected chi connectivity index (χ0v) is 14.2. The normalized spacial score (nSPS) is 20.9. The van der Waals surface area contributed by atoms with E-state index in [0.717, 1.165) is 6.08 Å². The SMILES string of the molecule is CC1=NN(c2ccccc2)C(=O)/C1=N/NC1CC=C(C(=O)O)C=C1[N+](=O)[O-]. The smallest absolute Gasteiger partial charge is 0.335 e. The summed E-state index contributed by atoms with van der Waals surface area (Å²) < 4.78 is 0. The van der Waals surface area contributed by atoms with Gasteiger partial charge in [-0.05, 0) is 25.5 Å². The van der Waals surface area contributed by atoms with Gasteiger partial charge >= 0.3 is 11.9 Å². The van der Waals surface area contributed by atoms with E-state index in [1.807, 2.05) is 6.07 Å². The summed E-state index contributed by atoms with van der Waals surface area (Å²) in [5, 5.41) is 29.6. The highest BCUT2D eigenvalue weighted by atomic mass is 16.6. The fourth-order valence-electron chi connectivity index (χ4n) is 2.65. The summed E-state index contributed by atoms with van der Waals surface area (Å²) in [6, 6.07) is 7.93. The molecule has 2 aliphatic rings. The topological polar surface area (TPSA) is 138 Å². The van der Waals surface area contributed by atoms with Crippen LogP contribution >= 0.6 is 0 Å². The van der Waals surface area contributed by atoms with E-state index in [0.29, 0.717) is 11.4 Å².